The summed E-state index contributed by atoms with van der Waals surface area (Å²) in [6.07, 6.45) is 32.0. The lowest BCUT2D eigenvalue weighted by atomic mass is 10.1. The molecule has 288 valence electrons. The van der Waals surface area contributed by atoms with E-state index >= 15 is 0 Å². The third-order valence-electron chi connectivity index (χ3n) is 8.19. The van der Waals surface area contributed by atoms with E-state index in [-0.39, 0.29) is 26.1 Å². The molecule has 10 heteroatoms. The highest BCUT2D eigenvalue weighted by Gasteiger charge is 2.21. The minimum absolute atomic E-state index is 0.0329. The molecule has 0 spiro atoms. The van der Waals surface area contributed by atoms with E-state index in [1.807, 2.05) is 21.1 Å². The van der Waals surface area contributed by atoms with Gasteiger partial charge in [-0.3, -0.25) is 14.2 Å². The van der Waals surface area contributed by atoms with E-state index in [1.165, 1.54) is 51.4 Å². The Labute approximate surface area is 300 Å². The number of nitrogens with zero attached hydrogens (tertiary/aromatic N) is 1. The van der Waals surface area contributed by atoms with Gasteiger partial charge in [-0.05, 0) is 64.2 Å². The fraction of sp³-hybridized carbons (Fsp3) is 0.846. The molecule has 1 unspecified atom stereocenters. The Kier molecular flexibility index (Phi) is 31.4. The van der Waals surface area contributed by atoms with Gasteiger partial charge in [0.15, 0.2) is 6.10 Å². The molecule has 9 nitrogen and oxygen atoms in total. The van der Waals surface area contributed by atoms with Crippen LogP contribution in [0.15, 0.2) is 24.3 Å². The predicted octanol–water partition coefficient (Wildman–Crippen LogP) is 9.77. The van der Waals surface area contributed by atoms with Crippen molar-refractivity contribution in [1.82, 2.24) is 0 Å². The number of ether oxygens (including phenoxy) is 2. The molecule has 49 heavy (non-hydrogen) atoms. The first-order valence-corrected chi connectivity index (χ1v) is 21.0. The largest absolute Gasteiger partial charge is 0.756 e. The van der Waals surface area contributed by atoms with Crippen LogP contribution in [0.3, 0.4) is 0 Å². The summed E-state index contributed by atoms with van der Waals surface area (Å²) in [5.41, 5.74) is 0. The van der Waals surface area contributed by atoms with Gasteiger partial charge in [0, 0.05) is 12.8 Å². The summed E-state index contributed by atoms with van der Waals surface area (Å²) in [6, 6.07) is 0. The molecule has 0 fully saturated rings. The third-order valence-corrected chi connectivity index (χ3v) is 9.16. The van der Waals surface area contributed by atoms with Crippen molar-refractivity contribution in [2.45, 2.75) is 168 Å². The van der Waals surface area contributed by atoms with E-state index in [9.17, 15) is 19.0 Å². The standard InChI is InChI=1S/C39H74NO8P/c1-6-8-10-12-14-16-18-20-22-23-25-27-29-31-38(41)45-35-37(36-47-49(43,44)46-34-33-40(3,4)5)48-39(42)32-30-28-26-24-21-19-17-15-13-11-9-7-2/h15-18,37H,6-14,19-36H2,1-5H3/b17-15+,18-16+/t37-/m1/s1. The molecule has 0 aromatic carbocycles. The van der Waals surface area contributed by atoms with E-state index in [0.29, 0.717) is 17.4 Å². The first-order valence-electron chi connectivity index (χ1n) is 19.5. The van der Waals surface area contributed by atoms with Gasteiger partial charge in [-0.2, -0.15) is 0 Å². The fourth-order valence-corrected chi connectivity index (χ4v) is 5.78. The van der Waals surface area contributed by atoms with Crippen molar-refractivity contribution >= 4 is 19.8 Å². The number of unbranched alkanes of at least 4 members (excludes halogenated alkanes) is 17. The average molecular weight is 716 g/mol. The smallest absolute Gasteiger partial charge is 0.306 e. The highest BCUT2D eigenvalue weighted by atomic mass is 31.2. The molecule has 0 radical (unpaired) electrons. The molecule has 0 aliphatic carbocycles. The second-order valence-electron chi connectivity index (χ2n) is 14.3. The third kappa shape index (κ3) is 36.1. The molecule has 0 aliphatic rings. The number of phosphoric acid groups is 1. The number of likely N-dealkylation sites (N-methyl/N-ethyl adjacent to an activating group) is 1. The lowest BCUT2D eigenvalue weighted by Gasteiger charge is -2.28. The zero-order valence-electron chi connectivity index (χ0n) is 32.1. The maximum Gasteiger partial charge on any atom is 0.306 e. The van der Waals surface area contributed by atoms with Crippen molar-refractivity contribution in [2.24, 2.45) is 0 Å². The molecule has 0 aromatic rings. The Morgan fingerprint density at radius 2 is 1.04 bits per heavy atom. The highest BCUT2D eigenvalue weighted by molar-refractivity contribution is 7.45. The van der Waals surface area contributed by atoms with Gasteiger partial charge in [-0.1, -0.05) is 109 Å². The van der Waals surface area contributed by atoms with E-state index < -0.39 is 32.5 Å². The van der Waals surface area contributed by atoms with Crippen LogP contribution in [0.2, 0.25) is 0 Å². The van der Waals surface area contributed by atoms with Gasteiger partial charge in [-0.15, -0.1) is 0 Å². The molecular formula is C39H74NO8P. The molecule has 0 rings (SSSR count). The number of carbonyl (C=O) groups is 2. The van der Waals surface area contributed by atoms with Crippen molar-refractivity contribution in [1.29, 1.82) is 0 Å². The van der Waals surface area contributed by atoms with Gasteiger partial charge in [0.25, 0.3) is 7.82 Å². The summed E-state index contributed by atoms with van der Waals surface area (Å²) in [5.74, 6) is -0.856. The van der Waals surface area contributed by atoms with Crippen LogP contribution in [-0.4, -0.2) is 70.0 Å². The second-order valence-corrected chi connectivity index (χ2v) is 15.7. The number of phosphoric ester groups is 1. The van der Waals surface area contributed by atoms with Crippen molar-refractivity contribution < 1.29 is 42.1 Å². The van der Waals surface area contributed by atoms with Crippen molar-refractivity contribution in [3.63, 3.8) is 0 Å². The highest BCUT2D eigenvalue weighted by Crippen LogP contribution is 2.38. The quantitative estimate of drug-likeness (QED) is 0.0210. The summed E-state index contributed by atoms with van der Waals surface area (Å²) in [5, 5.41) is 0. The number of quaternary nitrogens is 1. The van der Waals surface area contributed by atoms with E-state index in [2.05, 4.69) is 38.2 Å². The maximum absolute atomic E-state index is 12.6. The Morgan fingerprint density at radius 3 is 1.55 bits per heavy atom. The minimum Gasteiger partial charge on any atom is -0.756 e. The number of carbonyl (C=O) groups excluding carboxylic acids is 2. The molecule has 0 saturated carbocycles. The Morgan fingerprint density at radius 1 is 0.612 bits per heavy atom. The van der Waals surface area contributed by atoms with Crippen LogP contribution in [0.1, 0.15) is 162 Å². The lowest BCUT2D eigenvalue weighted by molar-refractivity contribution is -0.870. The Hall–Kier alpha value is -1.51. The van der Waals surface area contributed by atoms with E-state index in [0.717, 1.165) is 77.0 Å². The van der Waals surface area contributed by atoms with Gasteiger partial charge < -0.3 is 27.9 Å². The van der Waals surface area contributed by atoms with Crippen LogP contribution >= 0.6 is 7.82 Å². The predicted molar refractivity (Wildman–Crippen MR) is 199 cm³/mol. The Balaban J connectivity index is 4.45. The normalized spacial score (nSPS) is 14.0. The van der Waals surface area contributed by atoms with Crippen LogP contribution in [-0.2, 0) is 32.7 Å². The van der Waals surface area contributed by atoms with Crippen molar-refractivity contribution in [2.75, 3.05) is 47.5 Å². The summed E-state index contributed by atoms with van der Waals surface area (Å²) < 4.78 is 33.7. The number of hydrogen-bond donors (Lipinski definition) is 0. The van der Waals surface area contributed by atoms with Crippen LogP contribution in [0.4, 0.5) is 0 Å². The maximum atomic E-state index is 12.6. The molecule has 2 atom stereocenters. The first-order chi connectivity index (χ1) is 23.5. The van der Waals surface area contributed by atoms with Crippen LogP contribution in [0, 0.1) is 0 Å². The minimum atomic E-state index is -4.62. The summed E-state index contributed by atoms with van der Waals surface area (Å²) in [6.45, 7) is 4.15. The summed E-state index contributed by atoms with van der Waals surface area (Å²) in [4.78, 5) is 37.3. The number of esters is 2. The van der Waals surface area contributed by atoms with Gasteiger partial charge in [0.2, 0.25) is 0 Å². The lowest BCUT2D eigenvalue weighted by Crippen LogP contribution is -2.37. The summed E-state index contributed by atoms with van der Waals surface area (Å²) >= 11 is 0. The van der Waals surface area contributed by atoms with Crippen LogP contribution in [0.25, 0.3) is 0 Å². The van der Waals surface area contributed by atoms with Crippen molar-refractivity contribution in [3.8, 4) is 0 Å². The van der Waals surface area contributed by atoms with Gasteiger partial charge in [0.1, 0.15) is 19.8 Å². The molecule has 0 heterocycles. The van der Waals surface area contributed by atoms with Gasteiger partial charge in [0.05, 0.1) is 27.7 Å². The number of hydrogen-bond acceptors (Lipinski definition) is 8. The second kappa shape index (κ2) is 32.4. The first kappa shape index (κ1) is 47.5. The molecule has 0 saturated heterocycles. The Bertz CT molecular complexity index is 902. The topological polar surface area (TPSA) is 111 Å². The average Bonchev–Trinajstić information content (AvgIpc) is 3.04. The summed E-state index contributed by atoms with van der Waals surface area (Å²) in [7, 11) is 1.15. The van der Waals surface area contributed by atoms with Gasteiger partial charge >= 0.3 is 11.9 Å². The number of allylic oxidation sites excluding steroid dienone is 4. The van der Waals surface area contributed by atoms with Crippen LogP contribution in [0.5, 0.6) is 0 Å². The molecule has 0 aliphatic heterocycles. The molecular weight excluding hydrogens is 641 g/mol. The van der Waals surface area contributed by atoms with E-state index in [4.69, 9.17) is 18.5 Å². The molecule has 0 N–H and O–H groups in total. The molecule has 0 aromatic heterocycles. The zero-order valence-corrected chi connectivity index (χ0v) is 33.0. The van der Waals surface area contributed by atoms with Crippen molar-refractivity contribution in [3.05, 3.63) is 24.3 Å². The SMILES string of the molecule is CCCCC/C=C/CCCCCCCC(=O)O[C@H](COC(=O)CCCCCCC/C=C/CCCCCC)COP(=O)([O-])OCC[N+](C)(C)C. The van der Waals surface area contributed by atoms with E-state index in [1.54, 1.807) is 0 Å². The number of rotatable bonds is 35. The monoisotopic (exact) mass is 716 g/mol. The molecule has 0 bridgehead atoms. The van der Waals surface area contributed by atoms with Crippen LogP contribution < -0.4 is 4.89 Å². The fourth-order valence-electron chi connectivity index (χ4n) is 5.05. The van der Waals surface area contributed by atoms with Gasteiger partial charge in [-0.25, -0.2) is 0 Å². The zero-order chi connectivity index (χ0) is 36.5. The molecule has 0 amide bonds.